The summed E-state index contributed by atoms with van der Waals surface area (Å²) in [4.78, 5) is 0. The largest absolute Gasteiger partial charge is 0.395 e. The Morgan fingerprint density at radius 1 is 1.36 bits per heavy atom. The normalized spacial score (nSPS) is 13.5. The smallest absolute Gasteiger partial charge is 0.0642 e. The van der Waals surface area contributed by atoms with Gasteiger partial charge in [0.2, 0.25) is 0 Å². The maximum atomic E-state index is 9.02. The fraction of sp³-hybridized carbons (Fsp3) is 1.00. The zero-order valence-corrected chi connectivity index (χ0v) is 9.75. The molecule has 0 aromatic heterocycles. The molecule has 2 N–H and O–H groups in total. The van der Waals surface area contributed by atoms with Gasteiger partial charge in [0, 0.05) is 6.61 Å². The Morgan fingerprint density at radius 3 is 2.57 bits per heavy atom. The second-order valence-electron chi connectivity index (χ2n) is 4.09. The fourth-order valence-electron chi connectivity index (χ4n) is 1.07. The molecule has 0 aromatic carbocycles. The molecule has 0 spiro atoms. The number of rotatable bonds is 9. The predicted molar refractivity (Wildman–Crippen MR) is 59.4 cm³/mol. The standard InChI is InChI=1S/C11H25NO2/c1-4-6-12-11(8-13)9-14-7-5-10(2)3/h10-13H,4-9H2,1-3H3. The minimum absolute atomic E-state index is 0.0992. The lowest BCUT2D eigenvalue weighted by Gasteiger charge is -2.16. The average molecular weight is 203 g/mol. The van der Waals surface area contributed by atoms with Crippen molar-refractivity contribution in [1.29, 1.82) is 0 Å². The molecule has 0 saturated carbocycles. The van der Waals surface area contributed by atoms with E-state index in [9.17, 15) is 0 Å². The van der Waals surface area contributed by atoms with Crippen LogP contribution in [0.1, 0.15) is 33.6 Å². The molecular weight excluding hydrogens is 178 g/mol. The SMILES string of the molecule is CCCNC(CO)COCCC(C)C. The van der Waals surface area contributed by atoms with Crippen molar-refractivity contribution in [3.63, 3.8) is 0 Å². The Kier molecular flexibility index (Phi) is 9.35. The van der Waals surface area contributed by atoms with Gasteiger partial charge in [-0.15, -0.1) is 0 Å². The summed E-state index contributed by atoms with van der Waals surface area (Å²) < 4.78 is 5.47. The average Bonchev–Trinajstić information content (AvgIpc) is 2.16. The van der Waals surface area contributed by atoms with E-state index < -0.39 is 0 Å². The van der Waals surface area contributed by atoms with Gasteiger partial charge in [-0.25, -0.2) is 0 Å². The molecule has 3 nitrogen and oxygen atoms in total. The predicted octanol–water partition coefficient (Wildman–Crippen LogP) is 1.41. The number of aliphatic hydroxyl groups is 1. The molecule has 1 atom stereocenters. The van der Waals surface area contributed by atoms with E-state index >= 15 is 0 Å². The Morgan fingerprint density at radius 2 is 2.07 bits per heavy atom. The molecule has 0 radical (unpaired) electrons. The topological polar surface area (TPSA) is 41.5 Å². The molecule has 0 aliphatic carbocycles. The molecular formula is C11H25NO2. The van der Waals surface area contributed by atoms with Crippen LogP contribution in [0.15, 0.2) is 0 Å². The summed E-state index contributed by atoms with van der Waals surface area (Å²) in [6, 6.07) is 0.0992. The van der Waals surface area contributed by atoms with Crippen LogP contribution in [0, 0.1) is 5.92 Å². The summed E-state index contributed by atoms with van der Waals surface area (Å²) in [6.45, 7) is 8.98. The number of ether oxygens (including phenoxy) is 1. The summed E-state index contributed by atoms with van der Waals surface area (Å²) >= 11 is 0. The van der Waals surface area contributed by atoms with Gasteiger partial charge in [0.05, 0.1) is 19.3 Å². The maximum Gasteiger partial charge on any atom is 0.0642 e. The Balaban J connectivity index is 3.33. The van der Waals surface area contributed by atoms with E-state index in [1.54, 1.807) is 0 Å². The summed E-state index contributed by atoms with van der Waals surface area (Å²) in [5.74, 6) is 0.686. The van der Waals surface area contributed by atoms with Gasteiger partial charge in [0.25, 0.3) is 0 Å². The van der Waals surface area contributed by atoms with Crippen molar-refractivity contribution in [1.82, 2.24) is 5.32 Å². The third kappa shape index (κ3) is 8.48. The van der Waals surface area contributed by atoms with Gasteiger partial charge in [0.15, 0.2) is 0 Å². The lowest BCUT2D eigenvalue weighted by Crippen LogP contribution is -2.37. The van der Waals surface area contributed by atoms with Crippen LogP contribution < -0.4 is 5.32 Å². The molecule has 0 rings (SSSR count). The van der Waals surface area contributed by atoms with Crippen LogP contribution in [-0.2, 0) is 4.74 Å². The second kappa shape index (κ2) is 9.44. The van der Waals surface area contributed by atoms with Crippen molar-refractivity contribution in [2.45, 2.75) is 39.7 Å². The molecule has 86 valence electrons. The van der Waals surface area contributed by atoms with Gasteiger partial charge >= 0.3 is 0 Å². The van der Waals surface area contributed by atoms with Crippen molar-refractivity contribution >= 4 is 0 Å². The zero-order chi connectivity index (χ0) is 10.8. The number of aliphatic hydroxyl groups excluding tert-OH is 1. The van der Waals surface area contributed by atoms with Gasteiger partial charge in [-0.3, -0.25) is 0 Å². The van der Waals surface area contributed by atoms with Gasteiger partial charge in [0.1, 0.15) is 0 Å². The van der Waals surface area contributed by atoms with E-state index in [-0.39, 0.29) is 12.6 Å². The van der Waals surface area contributed by atoms with Crippen molar-refractivity contribution in [2.24, 2.45) is 5.92 Å². The highest BCUT2D eigenvalue weighted by atomic mass is 16.5. The summed E-state index contributed by atoms with van der Waals surface area (Å²) in [6.07, 6.45) is 2.18. The molecule has 3 heteroatoms. The van der Waals surface area contributed by atoms with Crippen LogP contribution in [0.3, 0.4) is 0 Å². The second-order valence-corrected chi connectivity index (χ2v) is 4.09. The highest BCUT2D eigenvalue weighted by molar-refractivity contribution is 4.63. The molecule has 0 aromatic rings. The molecule has 14 heavy (non-hydrogen) atoms. The first-order valence-electron chi connectivity index (χ1n) is 5.62. The quantitative estimate of drug-likeness (QED) is 0.557. The Labute approximate surface area is 87.8 Å². The van der Waals surface area contributed by atoms with Crippen LogP contribution in [0.2, 0.25) is 0 Å². The molecule has 0 aliphatic heterocycles. The van der Waals surface area contributed by atoms with Crippen LogP contribution in [0.25, 0.3) is 0 Å². The van der Waals surface area contributed by atoms with Crippen molar-refractivity contribution < 1.29 is 9.84 Å². The van der Waals surface area contributed by atoms with Crippen molar-refractivity contribution in [3.8, 4) is 0 Å². The van der Waals surface area contributed by atoms with Crippen LogP contribution in [-0.4, -0.2) is 37.5 Å². The summed E-state index contributed by atoms with van der Waals surface area (Å²) in [5, 5.41) is 12.3. The first-order valence-corrected chi connectivity index (χ1v) is 5.62. The monoisotopic (exact) mass is 203 g/mol. The van der Waals surface area contributed by atoms with Crippen molar-refractivity contribution in [3.05, 3.63) is 0 Å². The van der Waals surface area contributed by atoms with E-state index in [2.05, 4.69) is 26.1 Å². The molecule has 1 unspecified atom stereocenters. The third-order valence-electron chi connectivity index (χ3n) is 2.06. The lowest BCUT2D eigenvalue weighted by molar-refractivity contribution is 0.0822. The van der Waals surface area contributed by atoms with Crippen molar-refractivity contribution in [2.75, 3.05) is 26.4 Å². The minimum Gasteiger partial charge on any atom is -0.395 e. The lowest BCUT2D eigenvalue weighted by atomic mass is 10.1. The molecule has 0 amide bonds. The molecule has 0 fully saturated rings. The molecule has 0 bridgehead atoms. The van der Waals surface area contributed by atoms with Crippen LogP contribution in [0.5, 0.6) is 0 Å². The molecule has 0 saturated heterocycles. The van der Waals surface area contributed by atoms with Gasteiger partial charge in [-0.1, -0.05) is 20.8 Å². The van der Waals surface area contributed by atoms with E-state index in [1.165, 1.54) is 0 Å². The van der Waals surface area contributed by atoms with Gasteiger partial charge in [-0.2, -0.15) is 0 Å². The maximum absolute atomic E-state index is 9.02. The number of hydrogen-bond acceptors (Lipinski definition) is 3. The number of nitrogens with one attached hydrogen (secondary N) is 1. The minimum atomic E-state index is 0.0992. The fourth-order valence-corrected chi connectivity index (χ4v) is 1.07. The summed E-state index contributed by atoms with van der Waals surface area (Å²) in [5.41, 5.74) is 0. The number of hydrogen-bond donors (Lipinski definition) is 2. The van der Waals surface area contributed by atoms with Gasteiger partial charge in [-0.05, 0) is 25.3 Å². The first kappa shape index (κ1) is 13.9. The Bertz CT molecular complexity index is 118. The first-order chi connectivity index (χ1) is 6.70. The zero-order valence-electron chi connectivity index (χ0n) is 9.75. The Hall–Kier alpha value is -0.120. The highest BCUT2D eigenvalue weighted by Gasteiger charge is 2.05. The summed E-state index contributed by atoms with van der Waals surface area (Å²) in [7, 11) is 0. The molecule has 0 aliphatic rings. The van der Waals surface area contributed by atoms with E-state index in [4.69, 9.17) is 9.84 Å². The van der Waals surface area contributed by atoms with Crippen LogP contribution >= 0.6 is 0 Å². The third-order valence-corrected chi connectivity index (χ3v) is 2.06. The van der Waals surface area contributed by atoms with Gasteiger partial charge < -0.3 is 15.2 Å². The molecule has 0 heterocycles. The van der Waals surface area contributed by atoms with E-state index in [1.807, 2.05) is 0 Å². The van der Waals surface area contributed by atoms with E-state index in [0.29, 0.717) is 12.5 Å². The van der Waals surface area contributed by atoms with Crippen LogP contribution in [0.4, 0.5) is 0 Å². The highest BCUT2D eigenvalue weighted by Crippen LogP contribution is 1.99. The van der Waals surface area contributed by atoms with E-state index in [0.717, 1.165) is 26.0 Å².